The molecule has 0 saturated carbocycles. The molecule has 0 spiro atoms. The van der Waals surface area contributed by atoms with Crippen LogP contribution in [0.2, 0.25) is 0 Å². The van der Waals surface area contributed by atoms with E-state index in [2.05, 4.69) is 44.7 Å². The fourth-order valence-corrected chi connectivity index (χ4v) is 8.12. The van der Waals surface area contributed by atoms with Crippen molar-refractivity contribution in [1.82, 2.24) is 40.6 Å². The van der Waals surface area contributed by atoms with Crippen LogP contribution >= 0.6 is 22.7 Å². The maximum atomic E-state index is 14.4. The molecule has 3 atom stereocenters. The minimum absolute atomic E-state index is 0.00249. The van der Waals surface area contributed by atoms with Gasteiger partial charge in [0.25, 0.3) is 0 Å². The summed E-state index contributed by atoms with van der Waals surface area (Å²) in [6, 6.07) is 18.0. The Hall–Kier alpha value is -4.90. The number of rotatable bonds is 21. The van der Waals surface area contributed by atoms with E-state index in [1.54, 1.807) is 35.0 Å². The normalized spacial score (nSPS) is 15.0. The maximum absolute atomic E-state index is 14.4. The summed E-state index contributed by atoms with van der Waals surface area (Å²) >= 11 is 2.99. The zero-order valence-corrected chi connectivity index (χ0v) is 35.2. The second kappa shape index (κ2) is 22.9. The van der Waals surface area contributed by atoms with Crippen LogP contribution in [0.25, 0.3) is 0 Å². The zero-order valence-electron chi connectivity index (χ0n) is 33.5. The molecule has 2 aromatic carbocycles. The Labute approximate surface area is 349 Å². The smallest absolute Gasteiger partial charge is 0.407 e. The number of carbonyl (C=O) groups excluding carboxylic acids is 3. The van der Waals surface area contributed by atoms with Crippen LogP contribution in [0.1, 0.15) is 65.7 Å². The number of nitrogens with zero attached hydrogens (tertiary/aromatic N) is 5. The summed E-state index contributed by atoms with van der Waals surface area (Å²) in [4.78, 5) is 67.5. The van der Waals surface area contributed by atoms with Gasteiger partial charge in [-0.05, 0) is 43.2 Å². The van der Waals surface area contributed by atoms with Crippen LogP contribution in [0, 0.1) is 0 Å². The molecule has 14 nitrogen and oxygen atoms in total. The van der Waals surface area contributed by atoms with E-state index in [1.807, 2.05) is 70.9 Å². The molecule has 4 N–H and O–H groups in total. The van der Waals surface area contributed by atoms with E-state index in [9.17, 15) is 24.3 Å². The number of urea groups is 1. The van der Waals surface area contributed by atoms with Gasteiger partial charge in [0.2, 0.25) is 5.91 Å². The predicted molar refractivity (Wildman–Crippen MR) is 226 cm³/mol. The van der Waals surface area contributed by atoms with Gasteiger partial charge in [-0.2, -0.15) is 0 Å². The molecule has 4 amide bonds. The second-order valence-electron chi connectivity index (χ2n) is 15.0. The van der Waals surface area contributed by atoms with E-state index >= 15 is 0 Å². The lowest BCUT2D eigenvalue weighted by Crippen LogP contribution is -2.54. The van der Waals surface area contributed by atoms with E-state index in [1.165, 1.54) is 11.3 Å². The van der Waals surface area contributed by atoms with Crippen molar-refractivity contribution < 1.29 is 29.0 Å². The van der Waals surface area contributed by atoms with Crippen LogP contribution in [0.5, 0.6) is 0 Å². The average Bonchev–Trinajstić information content (AvgIpc) is 3.92. The van der Waals surface area contributed by atoms with Crippen molar-refractivity contribution in [2.24, 2.45) is 0 Å². The lowest BCUT2D eigenvalue weighted by atomic mass is 9.95. The van der Waals surface area contributed by atoms with Gasteiger partial charge in [-0.15, -0.1) is 22.7 Å². The predicted octanol–water partition coefficient (Wildman–Crippen LogP) is 5.37. The van der Waals surface area contributed by atoms with Gasteiger partial charge in [0.05, 0.1) is 34.2 Å². The van der Waals surface area contributed by atoms with Crippen LogP contribution in [0.4, 0.5) is 9.59 Å². The quantitative estimate of drug-likeness (QED) is 0.0857. The largest absolute Gasteiger partial charge is 0.480 e. The number of carbonyl (C=O) groups is 4. The number of aromatic nitrogens is 2. The van der Waals surface area contributed by atoms with Gasteiger partial charge in [-0.1, -0.05) is 74.5 Å². The molecule has 0 aliphatic carbocycles. The number of aliphatic carboxylic acids is 1. The van der Waals surface area contributed by atoms with Crippen LogP contribution in [-0.4, -0.2) is 118 Å². The van der Waals surface area contributed by atoms with Gasteiger partial charge in [0, 0.05) is 69.3 Å². The van der Waals surface area contributed by atoms with Gasteiger partial charge in [0.15, 0.2) is 0 Å². The van der Waals surface area contributed by atoms with E-state index in [4.69, 9.17) is 4.74 Å². The average molecular weight is 833 g/mol. The van der Waals surface area contributed by atoms with Crippen molar-refractivity contribution in [3.05, 3.63) is 104 Å². The molecule has 312 valence electrons. The van der Waals surface area contributed by atoms with Gasteiger partial charge in [-0.3, -0.25) is 19.5 Å². The first-order chi connectivity index (χ1) is 28.0. The Morgan fingerprint density at radius 1 is 0.845 bits per heavy atom. The minimum atomic E-state index is -0.853. The van der Waals surface area contributed by atoms with Crippen molar-refractivity contribution >= 4 is 46.7 Å². The highest BCUT2D eigenvalue weighted by molar-refractivity contribution is 7.09. The first-order valence-corrected chi connectivity index (χ1v) is 21.6. The molecule has 1 aliphatic heterocycles. The number of nitrogens with one attached hydrogen (secondary N) is 3. The molecule has 4 aromatic rings. The Morgan fingerprint density at radius 2 is 1.47 bits per heavy atom. The Morgan fingerprint density at radius 3 is 2.03 bits per heavy atom. The number of ether oxygens (including phenoxy) is 1. The molecular formula is C42H56N8O6S2. The number of piperazine rings is 1. The SMILES string of the molecule is CC(C)c1nc(CN(C)C(=O)NC(CCN2CCN(CC(=O)O)CC2)C(=O)NC(CCC(Cc2ccccc2)NC(=O)OCc2cncs2)Cc2ccccc2)cs1. The highest BCUT2D eigenvalue weighted by Crippen LogP contribution is 2.20. The van der Waals surface area contributed by atoms with Crippen molar-refractivity contribution in [1.29, 1.82) is 0 Å². The number of alkyl carbamates (subject to hydrolysis) is 1. The molecule has 1 saturated heterocycles. The number of carboxylic acid groups (broad SMARTS) is 1. The van der Waals surface area contributed by atoms with Crippen LogP contribution in [0.15, 0.2) is 77.8 Å². The Kier molecular flexibility index (Phi) is 17.4. The number of benzene rings is 2. The van der Waals surface area contributed by atoms with Gasteiger partial charge < -0.3 is 35.6 Å². The molecule has 1 fully saturated rings. The first-order valence-electron chi connectivity index (χ1n) is 19.8. The molecule has 5 rings (SSSR count). The van der Waals surface area contributed by atoms with Crippen LogP contribution < -0.4 is 16.0 Å². The number of hydrogen-bond donors (Lipinski definition) is 4. The third-order valence-corrected chi connectivity index (χ3v) is 11.9. The Balaban J connectivity index is 1.28. The fraction of sp³-hybridized carbons (Fsp3) is 0.476. The van der Waals surface area contributed by atoms with Crippen LogP contribution in [-0.2, 0) is 40.3 Å². The summed E-state index contributed by atoms with van der Waals surface area (Å²) in [5, 5.41) is 21.6. The highest BCUT2D eigenvalue weighted by atomic mass is 32.1. The lowest BCUT2D eigenvalue weighted by Gasteiger charge is -2.34. The molecule has 0 radical (unpaired) electrons. The maximum Gasteiger partial charge on any atom is 0.407 e. The molecule has 0 bridgehead atoms. The van der Waals surface area contributed by atoms with Crippen LogP contribution in [0.3, 0.4) is 0 Å². The van der Waals surface area contributed by atoms with Crippen molar-refractivity contribution in [3.8, 4) is 0 Å². The summed E-state index contributed by atoms with van der Waals surface area (Å²) in [7, 11) is 1.70. The summed E-state index contributed by atoms with van der Waals surface area (Å²) < 4.78 is 5.53. The first kappa shape index (κ1) is 44.2. The third kappa shape index (κ3) is 15.1. The topological polar surface area (TPSA) is 169 Å². The molecule has 3 heterocycles. The minimum Gasteiger partial charge on any atom is -0.480 e. The monoisotopic (exact) mass is 832 g/mol. The summed E-state index contributed by atoms with van der Waals surface area (Å²) in [5.41, 5.74) is 4.60. The van der Waals surface area contributed by atoms with E-state index in [-0.39, 0.29) is 43.1 Å². The fourth-order valence-electron chi connectivity index (χ4n) is 6.79. The summed E-state index contributed by atoms with van der Waals surface area (Å²) in [6.45, 7) is 7.68. The highest BCUT2D eigenvalue weighted by Gasteiger charge is 2.28. The number of amides is 4. The number of hydrogen-bond acceptors (Lipinski definition) is 11. The third-order valence-electron chi connectivity index (χ3n) is 9.99. The molecule has 2 aromatic heterocycles. The molecule has 16 heteroatoms. The van der Waals surface area contributed by atoms with Gasteiger partial charge in [0.1, 0.15) is 12.6 Å². The summed E-state index contributed by atoms with van der Waals surface area (Å²) in [5.74, 6) is -0.859. The Bertz CT molecular complexity index is 1860. The van der Waals surface area contributed by atoms with E-state index in [0.717, 1.165) is 26.7 Å². The molecule has 3 unspecified atom stereocenters. The molecule has 1 aliphatic rings. The van der Waals surface area contributed by atoms with E-state index < -0.39 is 18.1 Å². The van der Waals surface area contributed by atoms with E-state index in [0.29, 0.717) is 71.4 Å². The molecular weight excluding hydrogens is 777 g/mol. The standard InChI is InChI=1S/C42H56N8O6S2/c1-30(2)40-45-35(28-57-40)25-48(3)41(54)47-37(16-17-49-18-20-50(21-19-49)26-38(51)52)39(53)44-33(22-31-10-6-4-7-11-31)14-15-34(23-32-12-8-5-9-13-32)46-42(55)56-27-36-24-43-29-58-36/h4-13,24,28-30,33-34,37H,14-23,25-27H2,1-3H3,(H,44,53)(H,46,55)(H,47,54)(H,51,52). The number of carboxylic acids is 1. The van der Waals surface area contributed by atoms with Crippen molar-refractivity contribution in [2.45, 2.75) is 83.1 Å². The van der Waals surface area contributed by atoms with Crippen molar-refractivity contribution in [2.75, 3.05) is 46.3 Å². The lowest BCUT2D eigenvalue weighted by molar-refractivity contribution is -0.138. The van der Waals surface area contributed by atoms with Gasteiger partial charge in [-0.25, -0.2) is 14.6 Å². The van der Waals surface area contributed by atoms with Gasteiger partial charge >= 0.3 is 18.1 Å². The zero-order chi connectivity index (χ0) is 41.3. The summed E-state index contributed by atoms with van der Waals surface area (Å²) in [6.07, 6.45) is 3.73. The van der Waals surface area contributed by atoms with Crippen molar-refractivity contribution in [3.63, 3.8) is 0 Å². The second-order valence-corrected chi connectivity index (χ2v) is 16.9. The molecule has 58 heavy (non-hydrogen) atoms. The number of thiazole rings is 2.